The van der Waals surface area contributed by atoms with Crippen molar-refractivity contribution in [1.82, 2.24) is 10.2 Å². The van der Waals surface area contributed by atoms with E-state index in [1.54, 1.807) is 0 Å². The third-order valence-electron chi connectivity index (χ3n) is 3.61. The molecule has 0 spiro atoms. The van der Waals surface area contributed by atoms with Gasteiger partial charge in [-0.15, -0.1) is 0 Å². The Kier molecular flexibility index (Phi) is 6.67. The number of hydrogen-bond acceptors (Lipinski definition) is 4. The molecule has 0 saturated carbocycles. The normalized spacial score (nSPS) is 17.3. The first-order chi connectivity index (χ1) is 10.1. The lowest BCUT2D eigenvalue weighted by molar-refractivity contribution is 0.219. The van der Waals surface area contributed by atoms with E-state index in [2.05, 4.69) is 30.1 Å². The van der Waals surface area contributed by atoms with E-state index in [4.69, 9.17) is 4.74 Å². The molecule has 21 heavy (non-hydrogen) atoms. The van der Waals surface area contributed by atoms with Gasteiger partial charge in [0.25, 0.3) is 0 Å². The summed E-state index contributed by atoms with van der Waals surface area (Å²) in [7, 11) is -0.604. The van der Waals surface area contributed by atoms with E-state index in [0.717, 1.165) is 43.4 Å². The van der Waals surface area contributed by atoms with Crippen LogP contribution >= 0.6 is 0 Å². The van der Waals surface area contributed by atoms with E-state index in [-0.39, 0.29) is 0 Å². The van der Waals surface area contributed by atoms with E-state index in [0.29, 0.717) is 12.6 Å². The molecule has 118 valence electrons. The maximum absolute atomic E-state index is 11.3. The van der Waals surface area contributed by atoms with Crippen LogP contribution in [-0.4, -0.2) is 52.9 Å². The second-order valence-electron chi connectivity index (χ2n) is 5.68. The van der Waals surface area contributed by atoms with Gasteiger partial charge >= 0.3 is 0 Å². The number of nitrogens with zero attached hydrogens (tertiary/aromatic N) is 1. The van der Waals surface area contributed by atoms with E-state index in [1.807, 2.05) is 18.2 Å². The van der Waals surface area contributed by atoms with Crippen LogP contribution in [0, 0.1) is 0 Å². The van der Waals surface area contributed by atoms with Crippen molar-refractivity contribution < 1.29 is 8.95 Å². The maximum atomic E-state index is 11.3. The molecule has 1 fully saturated rings. The minimum Gasteiger partial charge on any atom is -0.492 e. The van der Waals surface area contributed by atoms with Crippen molar-refractivity contribution in [3.63, 3.8) is 0 Å². The van der Waals surface area contributed by atoms with Crippen LogP contribution in [0.5, 0.6) is 5.75 Å². The van der Waals surface area contributed by atoms with Gasteiger partial charge in [0.2, 0.25) is 0 Å². The zero-order chi connectivity index (χ0) is 15.1. The molecule has 0 radical (unpaired) electrons. The topological polar surface area (TPSA) is 41.6 Å². The average molecular weight is 310 g/mol. The molecule has 0 aromatic heterocycles. The fourth-order valence-corrected chi connectivity index (χ4v) is 3.42. The number of ether oxygens (including phenoxy) is 1. The van der Waals surface area contributed by atoms with Gasteiger partial charge in [0, 0.05) is 60.1 Å². The lowest BCUT2D eigenvalue weighted by atomic mass is 10.2. The predicted molar refractivity (Wildman–Crippen MR) is 88.2 cm³/mol. The highest BCUT2D eigenvalue weighted by Gasteiger charge is 2.14. The van der Waals surface area contributed by atoms with Gasteiger partial charge in [-0.2, -0.15) is 0 Å². The Balaban J connectivity index is 1.78. The van der Waals surface area contributed by atoms with Crippen molar-refractivity contribution in [3.05, 3.63) is 29.8 Å². The third kappa shape index (κ3) is 5.77. The summed E-state index contributed by atoms with van der Waals surface area (Å²) in [6.07, 6.45) is 0. The Morgan fingerprint density at radius 3 is 2.71 bits per heavy atom. The first-order valence-corrected chi connectivity index (χ1v) is 9.15. The van der Waals surface area contributed by atoms with Crippen LogP contribution in [0.1, 0.15) is 19.4 Å². The molecular formula is C16H26N2O2S. The molecule has 0 amide bonds. The smallest absolute Gasteiger partial charge is 0.123 e. The van der Waals surface area contributed by atoms with Gasteiger partial charge in [-0.05, 0) is 6.07 Å². The number of hydrogen-bond donors (Lipinski definition) is 1. The predicted octanol–water partition coefficient (Wildman–Crippen LogP) is 1.63. The Bertz CT molecular complexity index is 455. The highest BCUT2D eigenvalue weighted by atomic mass is 32.2. The largest absolute Gasteiger partial charge is 0.492 e. The number of benzene rings is 1. The Hall–Kier alpha value is -0.910. The molecule has 0 unspecified atom stereocenters. The van der Waals surface area contributed by atoms with Crippen molar-refractivity contribution in [2.45, 2.75) is 26.4 Å². The van der Waals surface area contributed by atoms with Crippen molar-refractivity contribution in [2.24, 2.45) is 0 Å². The number of rotatable bonds is 7. The highest BCUT2D eigenvalue weighted by molar-refractivity contribution is 7.85. The van der Waals surface area contributed by atoms with Crippen LogP contribution in [0.15, 0.2) is 24.3 Å². The second kappa shape index (κ2) is 8.51. The SMILES string of the molecule is CC(C)NCc1ccccc1OCCN1CCS(=O)CC1. The summed E-state index contributed by atoms with van der Waals surface area (Å²) in [5.41, 5.74) is 1.20. The molecule has 1 aromatic carbocycles. The summed E-state index contributed by atoms with van der Waals surface area (Å²) < 4.78 is 17.3. The molecule has 1 heterocycles. The molecule has 4 nitrogen and oxygen atoms in total. The molecule has 0 atom stereocenters. The summed E-state index contributed by atoms with van der Waals surface area (Å²) in [5.74, 6) is 2.57. The average Bonchev–Trinajstić information content (AvgIpc) is 2.48. The lowest BCUT2D eigenvalue weighted by Crippen LogP contribution is -2.39. The van der Waals surface area contributed by atoms with Crippen LogP contribution in [0.3, 0.4) is 0 Å². The van der Waals surface area contributed by atoms with Crippen LogP contribution in [0.25, 0.3) is 0 Å². The van der Waals surface area contributed by atoms with Gasteiger partial charge in [-0.3, -0.25) is 9.11 Å². The first-order valence-electron chi connectivity index (χ1n) is 7.66. The van der Waals surface area contributed by atoms with Crippen LogP contribution in [-0.2, 0) is 17.3 Å². The molecule has 1 saturated heterocycles. The van der Waals surface area contributed by atoms with Gasteiger partial charge in [0.1, 0.15) is 12.4 Å². The van der Waals surface area contributed by atoms with Gasteiger partial charge in [0.05, 0.1) is 0 Å². The maximum Gasteiger partial charge on any atom is 0.123 e. The van der Waals surface area contributed by atoms with Gasteiger partial charge in [-0.25, -0.2) is 0 Å². The molecule has 1 N–H and O–H groups in total. The fraction of sp³-hybridized carbons (Fsp3) is 0.625. The summed E-state index contributed by atoms with van der Waals surface area (Å²) in [6, 6.07) is 8.66. The summed E-state index contributed by atoms with van der Waals surface area (Å²) in [5, 5.41) is 3.42. The third-order valence-corrected chi connectivity index (χ3v) is 4.88. The van der Waals surface area contributed by atoms with E-state index in [9.17, 15) is 4.21 Å². The second-order valence-corrected chi connectivity index (χ2v) is 7.38. The molecule has 0 aliphatic carbocycles. The van der Waals surface area contributed by atoms with Crippen LogP contribution in [0.4, 0.5) is 0 Å². The Morgan fingerprint density at radius 2 is 2.00 bits per heavy atom. The summed E-state index contributed by atoms with van der Waals surface area (Å²) >= 11 is 0. The number of para-hydroxylation sites is 1. The number of nitrogens with one attached hydrogen (secondary N) is 1. The van der Waals surface area contributed by atoms with Crippen molar-refractivity contribution in [2.75, 3.05) is 37.7 Å². The highest BCUT2D eigenvalue weighted by Crippen LogP contribution is 2.18. The minimum absolute atomic E-state index is 0.465. The van der Waals surface area contributed by atoms with Gasteiger partial charge in [-0.1, -0.05) is 32.0 Å². The van der Waals surface area contributed by atoms with E-state index in [1.165, 1.54) is 5.56 Å². The van der Waals surface area contributed by atoms with Crippen molar-refractivity contribution >= 4 is 10.8 Å². The van der Waals surface area contributed by atoms with Crippen molar-refractivity contribution in [3.8, 4) is 5.75 Å². The molecule has 1 aliphatic rings. The Labute approximate surface area is 130 Å². The summed E-state index contributed by atoms with van der Waals surface area (Å²) in [4.78, 5) is 2.33. The Morgan fingerprint density at radius 1 is 1.29 bits per heavy atom. The van der Waals surface area contributed by atoms with Gasteiger partial charge < -0.3 is 10.1 Å². The monoisotopic (exact) mass is 310 g/mol. The fourth-order valence-electron chi connectivity index (χ4n) is 2.29. The van der Waals surface area contributed by atoms with Crippen LogP contribution < -0.4 is 10.1 Å². The zero-order valence-corrected chi connectivity index (χ0v) is 13.8. The molecule has 0 bridgehead atoms. The van der Waals surface area contributed by atoms with Gasteiger partial charge in [0.15, 0.2) is 0 Å². The standard InChI is InChI=1S/C16H26N2O2S/c1-14(2)17-13-15-5-3-4-6-16(15)20-10-7-18-8-11-21(19)12-9-18/h3-6,14,17H,7-13H2,1-2H3. The van der Waals surface area contributed by atoms with Crippen molar-refractivity contribution in [1.29, 1.82) is 0 Å². The van der Waals surface area contributed by atoms with Crippen LogP contribution in [0.2, 0.25) is 0 Å². The van der Waals surface area contributed by atoms with E-state index < -0.39 is 10.8 Å². The molecular weight excluding hydrogens is 284 g/mol. The lowest BCUT2D eigenvalue weighted by Gasteiger charge is -2.26. The molecule has 5 heteroatoms. The summed E-state index contributed by atoms with van der Waals surface area (Å²) in [6.45, 7) is 8.55. The molecule has 2 rings (SSSR count). The quantitative estimate of drug-likeness (QED) is 0.831. The molecule has 1 aromatic rings. The van der Waals surface area contributed by atoms with E-state index >= 15 is 0 Å². The zero-order valence-electron chi connectivity index (χ0n) is 13.0. The minimum atomic E-state index is -0.604. The first kappa shape index (κ1) is 16.5. The molecule has 1 aliphatic heterocycles.